The van der Waals surface area contributed by atoms with Crippen LogP contribution in [0.5, 0.6) is 0 Å². The summed E-state index contributed by atoms with van der Waals surface area (Å²) in [7, 11) is -8.69. The van der Waals surface area contributed by atoms with E-state index in [-0.39, 0.29) is 58.7 Å². The molecule has 0 amide bonds. The monoisotopic (exact) mass is 882 g/mol. The molecule has 2 saturated heterocycles. The van der Waals surface area contributed by atoms with Crippen molar-refractivity contribution in [3.8, 4) is 0 Å². The molecular weight excluding hydrogens is 835 g/mol. The number of nitrogens with zero attached hydrogens (tertiary/aromatic N) is 6. The van der Waals surface area contributed by atoms with E-state index in [1.165, 1.54) is 4.52 Å². The Hall–Kier alpha value is -2.39. The van der Waals surface area contributed by atoms with Crippen molar-refractivity contribution < 1.29 is 29.6 Å². The number of hydrogen-bond acceptors (Lipinski definition) is 10. The highest BCUT2D eigenvalue weighted by atomic mass is 35.5. The predicted octanol–water partition coefficient (Wildman–Crippen LogP) is 4.81. The maximum Gasteiger partial charge on any atom is 0.170 e. The van der Waals surface area contributed by atoms with Gasteiger partial charge in [0.2, 0.25) is 0 Å². The third-order valence-corrected chi connectivity index (χ3v) is 16.4. The van der Waals surface area contributed by atoms with Gasteiger partial charge < -0.3 is 9.80 Å². The van der Waals surface area contributed by atoms with Crippen molar-refractivity contribution in [1.82, 2.24) is 28.7 Å². The molecule has 4 aromatic heterocycles. The summed E-state index contributed by atoms with van der Waals surface area (Å²) in [6.07, 6.45) is 2.75. The molecule has 0 radical (unpaired) electrons. The van der Waals surface area contributed by atoms with E-state index in [4.69, 9.17) is 23.2 Å². The van der Waals surface area contributed by atoms with Crippen LogP contribution < -0.4 is 19.2 Å². The van der Waals surface area contributed by atoms with Gasteiger partial charge in [0.05, 0.1) is 82.4 Å². The summed E-state index contributed by atoms with van der Waals surface area (Å²) >= 11 is 12.8. The molecule has 2 aliphatic heterocycles. The fourth-order valence-electron chi connectivity index (χ4n) is 6.07. The second-order valence-corrected chi connectivity index (χ2v) is 25.1. The van der Waals surface area contributed by atoms with E-state index in [2.05, 4.69) is 19.6 Å². The zero-order valence-electron chi connectivity index (χ0n) is 32.1. The second-order valence-electron chi connectivity index (χ2n) is 15.6. The zero-order valence-corrected chi connectivity index (χ0v) is 36.9. The number of pyridine rings is 2. The van der Waals surface area contributed by atoms with Gasteiger partial charge in [-0.05, 0) is 73.6 Å². The van der Waals surface area contributed by atoms with Crippen molar-refractivity contribution in [3.63, 3.8) is 0 Å². The summed E-state index contributed by atoms with van der Waals surface area (Å²) in [6.45, 7) is 16.4. The summed E-state index contributed by atoms with van der Waals surface area (Å²) in [5.41, 5.74) is 2.41. The first-order valence-corrected chi connectivity index (χ1v) is 24.4. The minimum Gasteiger partial charge on any atom is -0.354 e. The molecule has 0 bridgehead atoms. The van der Waals surface area contributed by atoms with E-state index in [0.29, 0.717) is 29.5 Å². The molecule has 0 saturated carbocycles. The van der Waals surface area contributed by atoms with Gasteiger partial charge in [-0.1, -0.05) is 23.2 Å². The van der Waals surface area contributed by atoms with Gasteiger partial charge in [-0.25, -0.2) is 48.1 Å². The Balaban J connectivity index is 0.000000211. The first-order valence-electron chi connectivity index (χ1n) is 17.7. The topological polar surface area (TPSA) is 168 Å². The molecule has 2 aliphatic rings. The Labute approximate surface area is 337 Å². The largest absolute Gasteiger partial charge is 0.354 e. The standard InChI is InChI=1S/C17H24ClFN4O3S2.C17H25ClN4O3S2/c1-11(21-27(24)17(2,3)4)12-9-13(18)15-14(19)10-20-23(15)16(12)22-5-7-28(25,26)8-6-22;1-12(20-26(23)17(2,3)4)13-11-14(18)15-5-6-19-22(15)16(13)21-7-9-27(24,25)10-8-21/h9-11,21H,5-8H2,1-4H3;5-6,11-12,20H,7-10H2,1-4H3/t11-,27-;12-,26-/m00/s1. The van der Waals surface area contributed by atoms with Gasteiger partial charge in [-0.2, -0.15) is 10.2 Å². The average molecular weight is 884 g/mol. The van der Waals surface area contributed by atoms with Crippen LogP contribution in [0.4, 0.5) is 16.0 Å². The number of anilines is 2. The highest BCUT2D eigenvalue weighted by molar-refractivity contribution is 7.91. The first-order chi connectivity index (χ1) is 25.4. The Kier molecular flexibility index (Phi) is 13.1. The van der Waals surface area contributed by atoms with Crippen molar-refractivity contribution in [2.75, 3.05) is 59.0 Å². The normalized spacial score (nSPS) is 19.8. The number of fused-ring (bicyclic) bond motifs is 2. The van der Waals surface area contributed by atoms with Crippen molar-refractivity contribution >= 4 is 87.5 Å². The summed E-state index contributed by atoms with van der Waals surface area (Å²) < 4.78 is 95.2. The lowest BCUT2D eigenvalue weighted by atomic mass is 10.1. The molecule has 0 aliphatic carbocycles. The van der Waals surface area contributed by atoms with Gasteiger partial charge in [0, 0.05) is 49.4 Å². The molecule has 6 heterocycles. The van der Waals surface area contributed by atoms with Gasteiger partial charge in [0.1, 0.15) is 17.2 Å². The van der Waals surface area contributed by atoms with Crippen LogP contribution in [0.1, 0.15) is 78.6 Å². The molecule has 0 unspecified atom stereocenters. The predicted molar refractivity (Wildman–Crippen MR) is 221 cm³/mol. The molecule has 306 valence electrons. The summed E-state index contributed by atoms with van der Waals surface area (Å²) in [4.78, 5) is 3.88. The highest BCUT2D eigenvalue weighted by Gasteiger charge is 2.32. The van der Waals surface area contributed by atoms with Crippen LogP contribution in [-0.4, -0.2) is 103 Å². The van der Waals surface area contributed by atoms with Crippen molar-refractivity contribution in [2.45, 2.75) is 77.0 Å². The minimum absolute atomic E-state index is 0.00996. The fraction of sp³-hybridized carbons (Fsp3) is 0.588. The number of halogens is 3. The van der Waals surface area contributed by atoms with E-state index in [1.807, 2.05) is 77.3 Å². The summed E-state index contributed by atoms with van der Waals surface area (Å²) in [5, 5.41) is 9.26. The number of rotatable bonds is 8. The lowest BCUT2D eigenvalue weighted by Gasteiger charge is -2.32. The molecule has 2 fully saturated rings. The van der Waals surface area contributed by atoms with E-state index >= 15 is 0 Å². The summed E-state index contributed by atoms with van der Waals surface area (Å²) in [5.74, 6) is 1.03. The quantitative estimate of drug-likeness (QED) is 0.251. The van der Waals surface area contributed by atoms with Crippen LogP contribution in [-0.2, 0) is 41.6 Å². The maximum atomic E-state index is 14.2. The number of nitrogens with one attached hydrogen (secondary N) is 2. The first kappa shape index (κ1) is 43.7. The minimum atomic E-state index is -3.09. The number of sulfone groups is 2. The van der Waals surface area contributed by atoms with Gasteiger partial charge in [0.15, 0.2) is 25.5 Å². The molecule has 0 spiro atoms. The zero-order chi connectivity index (χ0) is 40.8. The van der Waals surface area contributed by atoms with E-state index in [9.17, 15) is 29.6 Å². The molecule has 14 nitrogen and oxygen atoms in total. The third kappa shape index (κ3) is 10.0. The van der Waals surface area contributed by atoms with Gasteiger partial charge in [-0.3, -0.25) is 0 Å². The molecule has 0 aromatic carbocycles. The fourth-order valence-corrected chi connectivity index (χ4v) is 10.6. The third-order valence-electron chi connectivity index (χ3n) is 9.22. The van der Waals surface area contributed by atoms with Crippen LogP contribution in [0.2, 0.25) is 10.0 Å². The summed E-state index contributed by atoms with van der Waals surface area (Å²) in [6, 6.07) is 4.67. The average Bonchev–Trinajstić information content (AvgIpc) is 3.73. The van der Waals surface area contributed by atoms with E-state index < -0.39 is 57.0 Å². The van der Waals surface area contributed by atoms with E-state index in [0.717, 1.165) is 23.1 Å². The van der Waals surface area contributed by atoms with Crippen LogP contribution in [0, 0.1) is 5.82 Å². The highest BCUT2D eigenvalue weighted by Crippen LogP contribution is 2.36. The van der Waals surface area contributed by atoms with Crippen molar-refractivity contribution in [3.05, 3.63) is 57.6 Å². The Morgan fingerprint density at radius 2 is 1.15 bits per heavy atom. The van der Waals surface area contributed by atoms with Crippen LogP contribution in [0.3, 0.4) is 0 Å². The van der Waals surface area contributed by atoms with Crippen LogP contribution in [0.15, 0.2) is 30.6 Å². The maximum absolute atomic E-state index is 14.2. The lowest BCUT2D eigenvalue weighted by Crippen LogP contribution is -2.42. The second kappa shape index (κ2) is 16.5. The lowest BCUT2D eigenvalue weighted by molar-refractivity contribution is 0.582. The SMILES string of the molecule is C[C@H](N[S@@](=O)C(C)(C)C)c1cc(Cl)c2c(F)cnn2c1N1CCS(=O)(=O)CC1.C[C@H](N[S@@](=O)C(C)(C)C)c1cc(Cl)c2ccnn2c1N1CCS(=O)(=O)CC1. The Morgan fingerprint density at radius 1 is 0.727 bits per heavy atom. The number of aromatic nitrogens is 4. The molecule has 4 aromatic rings. The number of hydrogen-bond donors (Lipinski definition) is 2. The molecule has 55 heavy (non-hydrogen) atoms. The van der Waals surface area contributed by atoms with Crippen molar-refractivity contribution in [2.24, 2.45) is 0 Å². The van der Waals surface area contributed by atoms with Crippen LogP contribution in [0.25, 0.3) is 11.0 Å². The molecule has 6 rings (SSSR count). The van der Waals surface area contributed by atoms with Gasteiger partial charge in [-0.15, -0.1) is 0 Å². The van der Waals surface area contributed by atoms with Crippen LogP contribution >= 0.6 is 23.2 Å². The smallest absolute Gasteiger partial charge is 0.170 e. The molecule has 21 heteroatoms. The Morgan fingerprint density at radius 3 is 1.58 bits per heavy atom. The Bertz CT molecular complexity index is 2310. The van der Waals surface area contributed by atoms with Gasteiger partial charge >= 0.3 is 0 Å². The van der Waals surface area contributed by atoms with E-state index in [1.54, 1.807) is 16.8 Å². The van der Waals surface area contributed by atoms with Gasteiger partial charge in [0.25, 0.3) is 0 Å². The molecule has 4 atom stereocenters. The molecular formula is C34H49Cl2FN8O6S4. The van der Waals surface area contributed by atoms with Crippen molar-refractivity contribution in [1.29, 1.82) is 0 Å². The molecule has 2 N–H and O–H groups in total.